The molecule has 18 heavy (non-hydrogen) atoms. The highest BCUT2D eigenvalue weighted by atomic mass is 127. The lowest BCUT2D eigenvalue weighted by Gasteiger charge is -2.04. The van der Waals surface area contributed by atoms with Crippen LogP contribution in [0.15, 0.2) is 42.7 Å². The Kier molecular flexibility index (Phi) is 3.17. The molecule has 0 spiro atoms. The molecule has 0 atom stereocenters. The SMILES string of the molecule is S=c1[nH]c2cc(I)ccc2n1Cc1cccnc1. The molecule has 0 aliphatic carbocycles. The number of hydrogen-bond acceptors (Lipinski definition) is 2. The lowest BCUT2D eigenvalue weighted by atomic mass is 10.2. The van der Waals surface area contributed by atoms with E-state index < -0.39 is 0 Å². The summed E-state index contributed by atoms with van der Waals surface area (Å²) in [5, 5.41) is 0. The molecule has 2 heterocycles. The van der Waals surface area contributed by atoms with Crippen molar-refractivity contribution >= 4 is 45.8 Å². The molecular weight excluding hydrogens is 357 g/mol. The number of imidazole rings is 1. The van der Waals surface area contributed by atoms with Gasteiger partial charge in [-0.1, -0.05) is 6.07 Å². The molecule has 0 aliphatic rings. The van der Waals surface area contributed by atoms with Crippen molar-refractivity contribution < 1.29 is 0 Å². The first-order valence-corrected chi connectivity index (χ1v) is 7.00. The van der Waals surface area contributed by atoms with Crippen LogP contribution in [0.25, 0.3) is 11.0 Å². The average molecular weight is 367 g/mol. The van der Waals surface area contributed by atoms with Gasteiger partial charge in [-0.15, -0.1) is 0 Å². The molecule has 90 valence electrons. The first kappa shape index (κ1) is 11.9. The first-order chi connectivity index (χ1) is 8.74. The number of halogens is 1. The van der Waals surface area contributed by atoms with Gasteiger partial charge in [0, 0.05) is 16.0 Å². The van der Waals surface area contributed by atoms with Crippen molar-refractivity contribution in [3.63, 3.8) is 0 Å². The van der Waals surface area contributed by atoms with Crippen LogP contribution in [0.5, 0.6) is 0 Å². The normalized spacial score (nSPS) is 10.9. The van der Waals surface area contributed by atoms with Gasteiger partial charge in [0.1, 0.15) is 0 Å². The summed E-state index contributed by atoms with van der Waals surface area (Å²) in [6.07, 6.45) is 3.65. The summed E-state index contributed by atoms with van der Waals surface area (Å²) in [5.41, 5.74) is 3.35. The second-order valence-electron chi connectivity index (χ2n) is 4.04. The van der Waals surface area contributed by atoms with Crippen LogP contribution in [0.3, 0.4) is 0 Å². The summed E-state index contributed by atoms with van der Waals surface area (Å²) >= 11 is 7.68. The van der Waals surface area contributed by atoms with Crippen LogP contribution in [-0.2, 0) is 6.54 Å². The highest BCUT2D eigenvalue weighted by Gasteiger charge is 2.05. The zero-order valence-electron chi connectivity index (χ0n) is 9.43. The Hall–Kier alpha value is -1.21. The van der Waals surface area contributed by atoms with Crippen molar-refractivity contribution in [3.8, 4) is 0 Å². The molecule has 0 amide bonds. The largest absolute Gasteiger partial charge is 0.331 e. The fraction of sp³-hybridized carbons (Fsp3) is 0.0769. The summed E-state index contributed by atoms with van der Waals surface area (Å²) in [6, 6.07) is 10.3. The van der Waals surface area contributed by atoms with E-state index in [-0.39, 0.29) is 0 Å². The molecule has 3 nitrogen and oxygen atoms in total. The Bertz CT molecular complexity index is 746. The number of aromatic nitrogens is 3. The van der Waals surface area contributed by atoms with Gasteiger partial charge in [0.15, 0.2) is 4.77 Å². The van der Waals surface area contributed by atoms with E-state index in [1.165, 1.54) is 3.57 Å². The van der Waals surface area contributed by atoms with Gasteiger partial charge < -0.3 is 9.55 Å². The van der Waals surface area contributed by atoms with Gasteiger partial charge in [-0.2, -0.15) is 0 Å². The molecule has 1 N–H and O–H groups in total. The van der Waals surface area contributed by atoms with E-state index in [1.54, 1.807) is 6.20 Å². The minimum absolute atomic E-state index is 0.743. The summed E-state index contributed by atoms with van der Waals surface area (Å²) in [6.45, 7) is 0.743. The zero-order valence-corrected chi connectivity index (χ0v) is 12.4. The van der Waals surface area contributed by atoms with Gasteiger partial charge >= 0.3 is 0 Å². The van der Waals surface area contributed by atoms with E-state index in [2.05, 4.69) is 61.4 Å². The Morgan fingerprint density at radius 1 is 1.33 bits per heavy atom. The third kappa shape index (κ3) is 2.20. The van der Waals surface area contributed by atoms with Crippen molar-refractivity contribution in [3.05, 3.63) is 56.6 Å². The molecule has 0 aliphatic heterocycles. The molecule has 2 aromatic heterocycles. The molecule has 1 aromatic carbocycles. The number of H-pyrrole nitrogens is 1. The van der Waals surface area contributed by atoms with E-state index in [9.17, 15) is 0 Å². The molecule has 0 saturated heterocycles. The van der Waals surface area contributed by atoms with Crippen molar-refractivity contribution in [2.75, 3.05) is 0 Å². The van der Waals surface area contributed by atoms with Gasteiger partial charge in [-0.3, -0.25) is 4.98 Å². The lowest BCUT2D eigenvalue weighted by molar-refractivity contribution is 0.806. The minimum atomic E-state index is 0.743. The smallest absolute Gasteiger partial charge is 0.178 e. The van der Waals surface area contributed by atoms with Crippen molar-refractivity contribution in [2.45, 2.75) is 6.54 Å². The number of aromatic amines is 1. The fourth-order valence-electron chi connectivity index (χ4n) is 1.97. The number of benzene rings is 1. The van der Waals surface area contributed by atoms with Gasteiger partial charge in [-0.25, -0.2) is 0 Å². The van der Waals surface area contributed by atoms with Crippen LogP contribution >= 0.6 is 34.8 Å². The summed E-state index contributed by atoms with van der Waals surface area (Å²) in [5.74, 6) is 0. The third-order valence-electron chi connectivity index (χ3n) is 2.80. The average Bonchev–Trinajstić information content (AvgIpc) is 2.66. The number of fused-ring (bicyclic) bond motifs is 1. The second-order valence-corrected chi connectivity index (χ2v) is 5.67. The minimum Gasteiger partial charge on any atom is -0.331 e. The second kappa shape index (κ2) is 4.81. The summed E-state index contributed by atoms with van der Waals surface area (Å²) < 4.78 is 4.04. The highest BCUT2D eigenvalue weighted by molar-refractivity contribution is 14.1. The van der Waals surface area contributed by atoms with Crippen molar-refractivity contribution in [2.24, 2.45) is 0 Å². The zero-order chi connectivity index (χ0) is 12.5. The standard InChI is InChI=1S/C13H10IN3S/c14-10-3-4-12-11(6-10)16-13(18)17(12)8-9-2-1-5-15-7-9/h1-7H,8H2,(H,16,18). The number of pyridine rings is 1. The van der Waals surface area contributed by atoms with Gasteiger partial charge in [0.2, 0.25) is 0 Å². The molecule has 5 heteroatoms. The fourth-order valence-corrected chi connectivity index (χ4v) is 2.73. The van der Waals surface area contributed by atoms with E-state index in [0.29, 0.717) is 0 Å². The quantitative estimate of drug-likeness (QED) is 0.553. The molecule has 3 aromatic rings. The Morgan fingerprint density at radius 3 is 3.00 bits per heavy atom. The Morgan fingerprint density at radius 2 is 2.22 bits per heavy atom. The van der Waals surface area contributed by atoms with Crippen LogP contribution in [-0.4, -0.2) is 14.5 Å². The predicted octanol–water partition coefficient (Wildman–Crippen LogP) is 3.75. The van der Waals surface area contributed by atoms with Gasteiger partial charge in [-0.05, 0) is 64.6 Å². The van der Waals surface area contributed by atoms with Crippen molar-refractivity contribution in [1.82, 2.24) is 14.5 Å². The summed E-state index contributed by atoms with van der Waals surface area (Å²) in [7, 11) is 0. The number of nitrogens with zero attached hydrogens (tertiary/aromatic N) is 2. The maximum absolute atomic E-state index is 5.38. The maximum Gasteiger partial charge on any atom is 0.178 e. The molecule has 0 fully saturated rings. The van der Waals surface area contributed by atoms with E-state index >= 15 is 0 Å². The summed E-state index contributed by atoms with van der Waals surface area (Å²) in [4.78, 5) is 7.37. The Balaban J connectivity index is 2.12. The number of nitrogens with one attached hydrogen (secondary N) is 1. The highest BCUT2D eigenvalue weighted by Crippen LogP contribution is 2.18. The number of rotatable bonds is 2. The topological polar surface area (TPSA) is 33.6 Å². The first-order valence-electron chi connectivity index (χ1n) is 5.51. The number of hydrogen-bond donors (Lipinski definition) is 1. The van der Waals surface area contributed by atoms with Gasteiger partial charge in [0.05, 0.1) is 17.6 Å². The van der Waals surface area contributed by atoms with E-state index in [1.807, 2.05) is 12.3 Å². The van der Waals surface area contributed by atoms with Gasteiger partial charge in [0.25, 0.3) is 0 Å². The van der Waals surface area contributed by atoms with Crippen LogP contribution in [0.4, 0.5) is 0 Å². The maximum atomic E-state index is 5.38. The predicted molar refractivity (Wildman–Crippen MR) is 83.2 cm³/mol. The molecule has 3 rings (SSSR count). The molecule has 0 bridgehead atoms. The van der Waals surface area contributed by atoms with E-state index in [0.717, 1.165) is 27.9 Å². The van der Waals surface area contributed by atoms with E-state index in [4.69, 9.17) is 12.2 Å². The van der Waals surface area contributed by atoms with Crippen LogP contribution in [0, 0.1) is 8.34 Å². The molecule has 0 saturated carbocycles. The Labute approximate surface area is 123 Å². The van der Waals surface area contributed by atoms with Crippen molar-refractivity contribution in [1.29, 1.82) is 0 Å². The lowest BCUT2D eigenvalue weighted by Crippen LogP contribution is -1.99. The van der Waals surface area contributed by atoms with Crippen LogP contribution in [0.1, 0.15) is 5.56 Å². The molecule has 0 radical (unpaired) electrons. The molecular formula is C13H10IN3S. The van der Waals surface area contributed by atoms with Crippen LogP contribution in [0.2, 0.25) is 0 Å². The van der Waals surface area contributed by atoms with Crippen LogP contribution < -0.4 is 0 Å². The third-order valence-corrected chi connectivity index (χ3v) is 3.79. The molecule has 0 unspecified atom stereocenters. The monoisotopic (exact) mass is 367 g/mol.